The van der Waals surface area contributed by atoms with E-state index in [4.69, 9.17) is 0 Å². The molecule has 0 saturated heterocycles. The Morgan fingerprint density at radius 1 is 0.958 bits per heavy atom. The Balaban J connectivity index is 1.65. The van der Waals surface area contributed by atoms with Gasteiger partial charge in [-0.1, -0.05) is 36.4 Å². The van der Waals surface area contributed by atoms with Crippen molar-refractivity contribution in [3.05, 3.63) is 84.6 Å². The average molecular weight is 318 g/mol. The summed E-state index contributed by atoms with van der Waals surface area (Å²) in [6.07, 6.45) is 3.53. The van der Waals surface area contributed by atoms with Crippen molar-refractivity contribution in [3.8, 4) is 0 Å². The Labute approximate surface area is 138 Å². The summed E-state index contributed by atoms with van der Waals surface area (Å²) in [5, 5.41) is 3.13. The summed E-state index contributed by atoms with van der Waals surface area (Å²) in [6, 6.07) is 18.4. The van der Waals surface area contributed by atoms with Crippen molar-refractivity contribution in [3.63, 3.8) is 0 Å². The zero-order valence-corrected chi connectivity index (χ0v) is 12.9. The molecule has 0 aliphatic heterocycles. The third-order valence-corrected chi connectivity index (χ3v) is 3.80. The summed E-state index contributed by atoms with van der Waals surface area (Å²) in [5.41, 5.74) is 3.67. The smallest absolute Gasteiger partial charge is 0.132 e. The van der Waals surface area contributed by atoms with Crippen molar-refractivity contribution in [2.45, 2.75) is 6.54 Å². The van der Waals surface area contributed by atoms with Crippen LogP contribution in [0, 0.1) is 5.82 Å². The maximum Gasteiger partial charge on any atom is 0.132 e. The fourth-order valence-corrected chi connectivity index (χ4v) is 2.65. The first-order valence-electron chi connectivity index (χ1n) is 7.65. The van der Waals surface area contributed by atoms with Gasteiger partial charge in [0.2, 0.25) is 0 Å². The van der Waals surface area contributed by atoms with Crippen LogP contribution in [0.4, 0.5) is 15.9 Å². The van der Waals surface area contributed by atoms with Crippen LogP contribution in [-0.4, -0.2) is 14.5 Å². The van der Waals surface area contributed by atoms with Gasteiger partial charge in [0.15, 0.2) is 0 Å². The standard InChI is InChI=1S/C19H15FN4/c20-15-7-4-8-16(9-15)23-19-10-18-17(11-21-19)22-13-24(18)12-14-5-2-1-3-6-14/h1-11,13H,12H2,(H,21,23). The number of hydrogen-bond acceptors (Lipinski definition) is 3. The van der Waals surface area contributed by atoms with Crippen LogP contribution in [0.2, 0.25) is 0 Å². The maximum atomic E-state index is 13.3. The first kappa shape index (κ1) is 14.4. The summed E-state index contributed by atoms with van der Waals surface area (Å²) in [6.45, 7) is 0.737. The van der Waals surface area contributed by atoms with Gasteiger partial charge in [-0.25, -0.2) is 14.4 Å². The van der Waals surface area contributed by atoms with Gasteiger partial charge in [0.25, 0.3) is 0 Å². The fraction of sp³-hybridized carbons (Fsp3) is 0.0526. The second kappa shape index (κ2) is 6.12. The van der Waals surface area contributed by atoms with Gasteiger partial charge in [-0.3, -0.25) is 0 Å². The van der Waals surface area contributed by atoms with E-state index < -0.39 is 0 Å². The lowest BCUT2D eigenvalue weighted by Gasteiger charge is -2.08. The molecule has 24 heavy (non-hydrogen) atoms. The van der Waals surface area contributed by atoms with Crippen LogP contribution in [0.15, 0.2) is 73.2 Å². The Bertz CT molecular complexity index is 979. The van der Waals surface area contributed by atoms with Crippen LogP contribution in [0.5, 0.6) is 0 Å². The van der Waals surface area contributed by atoms with Gasteiger partial charge in [-0.15, -0.1) is 0 Å². The molecular formula is C19H15FN4. The third kappa shape index (κ3) is 2.96. The number of pyridine rings is 1. The van der Waals surface area contributed by atoms with Crippen molar-refractivity contribution in [2.24, 2.45) is 0 Å². The van der Waals surface area contributed by atoms with Crippen LogP contribution in [0.1, 0.15) is 5.56 Å². The summed E-state index contributed by atoms with van der Waals surface area (Å²) in [4.78, 5) is 8.73. The van der Waals surface area contributed by atoms with Crippen LogP contribution in [-0.2, 0) is 6.54 Å². The molecule has 0 radical (unpaired) electrons. The molecule has 0 fully saturated rings. The number of fused-ring (bicyclic) bond motifs is 1. The molecule has 2 aromatic heterocycles. The van der Waals surface area contributed by atoms with E-state index in [0.717, 1.165) is 17.6 Å². The largest absolute Gasteiger partial charge is 0.340 e. The lowest BCUT2D eigenvalue weighted by atomic mass is 10.2. The van der Waals surface area contributed by atoms with E-state index in [2.05, 4.69) is 32.0 Å². The highest BCUT2D eigenvalue weighted by atomic mass is 19.1. The molecule has 0 unspecified atom stereocenters. The van der Waals surface area contributed by atoms with E-state index in [1.807, 2.05) is 30.6 Å². The van der Waals surface area contributed by atoms with Gasteiger partial charge in [0.1, 0.15) is 17.2 Å². The normalized spacial score (nSPS) is 10.9. The zero-order valence-electron chi connectivity index (χ0n) is 12.9. The highest BCUT2D eigenvalue weighted by molar-refractivity contribution is 5.78. The van der Waals surface area contributed by atoms with Crippen LogP contribution < -0.4 is 5.32 Å². The summed E-state index contributed by atoms with van der Waals surface area (Å²) in [7, 11) is 0. The SMILES string of the molecule is Fc1cccc(Nc2cc3c(cn2)ncn3Cc2ccccc2)c1. The third-order valence-electron chi connectivity index (χ3n) is 3.80. The molecule has 0 saturated carbocycles. The van der Waals surface area contributed by atoms with E-state index in [1.165, 1.54) is 17.7 Å². The van der Waals surface area contributed by atoms with Crippen molar-refractivity contribution in [1.29, 1.82) is 0 Å². The molecule has 0 spiro atoms. The Morgan fingerprint density at radius 3 is 2.67 bits per heavy atom. The van der Waals surface area contributed by atoms with E-state index in [0.29, 0.717) is 11.5 Å². The minimum absolute atomic E-state index is 0.282. The lowest BCUT2D eigenvalue weighted by Crippen LogP contribution is -1.99. The predicted molar refractivity (Wildman–Crippen MR) is 92.8 cm³/mol. The topological polar surface area (TPSA) is 42.7 Å². The number of rotatable bonds is 4. The number of nitrogens with one attached hydrogen (secondary N) is 1. The maximum absolute atomic E-state index is 13.3. The molecule has 0 bridgehead atoms. The highest BCUT2D eigenvalue weighted by Crippen LogP contribution is 2.20. The van der Waals surface area contributed by atoms with Crippen LogP contribution in [0.3, 0.4) is 0 Å². The van der Waals surface area contributed by atoms with Gasteiger partial charge in [-0.05, 0) is 23.8 Å². The Morgan fingerprint density at radius 2 is 1.83 bits per heavy atom. The fourth-order valence-electron chi connectivity index (χ4n) is 2.65. The number of aromatic nitrogens is 3. The quantitative estimate of drug-likeness (QED) is 0.608. The lowest BCUT2D eigenvalue weighted by molar-refractivity contribution is 0.628. The minimum atomic E-state index is -0.282. The molecule has 1 N–H and O–H groups in total. The molecule has 2 heterocycles. The molecule has 5 heteroatoms. The molecule has 2 aromatic carbocycles. The van der Waals surface area contributed by atoms with Crippen LogP contribution >= 0.6 is 0 Å². The van der Waals surface area contributed by atoms with Crippen molar-refractivity contribution in [1.82, 2.24) is 14.5 Å². The first-order valence-corrected chi connectivity index (χ1v) is 7.65. The highest BCUT2D eigenvalue weighted by Gasteiger charge is 2.06. The number of hydrogen-bond donors (Lipinski definition) is 1. The number of imidazole rings is 1. The second-order valence-corrected chi connectivity index (χ2v) is 5.55. The molecule has 0 amide bonds. The van der Waals surface area contributed by atoms with E-state index >= 15 is 0 Å². The van der Waals surface area contributed by atoms with Gasteiger partial charge in [-0.2, -0.15) is 0 Å². The summed E-state index contributed by atoms with van der Waals surface area (Å²) < 4.78 is 15.4. The van der Waals surface area contributed by atoms with Crippen molar-refractivity contribution in [2.75, 3.05) is 5.32 Å². The molecule has 4 aromatic rings. The zero-order chi connectivity index (χ0) is 16.4. The van der Waals surface area contributed by atoms with Gasteiger partial charge in [0.05, 0.1) is 18.0 Å². The van der Waals surface area contributed by atoms with E-state index in [9.17, 15) is 4.39 Å². The predicted octanol–water partition coefficient (Wildman–Crippen LogP) is 4.36. The second-order valence-electron chi connectivity index (χ2n) is 5.55. The number of halogens is 1. The number of anilines is 2. The van der Waals surface area contributed by atoms with Crippen LogP contribution in [0.25, 0.3) is 11.0 Å². The molecule has 4 rings (SSSR count). The first-order chi connectivity index (χ1) is 11.8. The molecule has 118 valence electrons. The van der Waals surface area contributed by atoms with Gasteiger partial charge in [0, 0.05) is 18.3 Å². The monoisotopic (exact) mass is 318 g/mol. The molecule has 0 aliphatic rings. The number of benzene rings is 2. The molecule has 4 nitrogen and oxygen atoms in total. The van der Waals surface area contributed by atoms with Gasteiger partial charge < -0.3 is 9.88 Å². The van der Waals surface area contributed by atoms with E-state index in [-0.39, 0.29) is 5.82 Å². The number of nitrogens with zero attached hydrogens (tertiary/aromatic N) is 3. The van der Waals surface area contributed by atoms with Gasteiger partial charge >= 0.3 is 0 Å². The summed E-state index contributed by atoms with van der Waals surface area (Å²) >= 11 is 0. The molecular weight excluding hydrogens is 303 g/mol. The van der Waals surface area contributed by atoms with E-state index in [1.54, 1.807) is 18.3 Å². The molecule has 0 aliphatic carbocycles. The molecule has 0 atom stereocenters. The average Bonchev–Trinajstić information content (AvgIpc) is 2.98. The van der Waals surface area contributed by atoms with Crippen molar-refractivity contribution >= 4 is 22.5 Å². The Kier molecular flexibility index (Phi) is 3.67. The van der Waals surface area contributed by atoms with Crippen molar-refractivity contribution < 1.29 is 4.39 Å². The minimum Gasteiger partial charge on any atom is -0.340 e. The summed E-state index contributed by atoms with van der Waals surface area (Å²) in [5.74, 6) is 0.373. The Hall–Kier alpha value is -3.21.